The number of carbonyl (C=O) groups excluding carboxylic acids is 3. The van der Waals surface area contributed by atoms with Gasteiger partial charge in [-0.15, -0.1) is 0 Å². The molecule has 346 valence electrons. The Labute approximate surface area is 362 Å². The average molecular weight is 835 g/mol. The lowest BCUT2D eigenvalue weighted by Gasteiger charge is -2.18. The number of hydrogen-bond donors (Lipinski definition) is 4. The van der Waals surface area contributed by atoms with Gasteiger partial charge in [0.25, 0.3) is 0 Å². The van der Waals surface area contributed by atoms with E-state index < -0.39 is 24.5 Å². The molecule has 9 heteroatoms. The van der Waals surface area contributed by atoms with Gasteiger partial charge >= 0.3 is 11.9 Å². The van der Waals surface area contributed by atoms with E-state index in [0.717, 1.165) is 57.8 Å². The molecule has 2 unspecified atom stereocenters. The van der Waals surface area contributed by atoms with Crippen LogP contribution < -0.4 is 10.6 Å². The fourth-order valence-electron chi connectivity index (χ4n) is 7.65. The lowest BCUT2D eigenvalue weighted by molar-refractivity contribution is -0.150. The summed E-state index contributed by atoms with van der Waals surface area (Å²) >= 11 is 0. The third-order valence-corrected chi connectivity index (χ3v) is 11.5. The summed E-state index contributed by atoms with van der Waals surface area (Å²) in [6, 6.07) is -1.38. The molecule has 0 rings (SSSR count). The predicted octanol–water partition coefficient (Wildman–Crippen LogP) is 13.0. The molecule has 0 aliphatic rings. The van der Waals surface area contributed by atoms with Crippen molar-refractivity contribution >= 4 is 23.8 Å². The number of nitrogens with one attached hydrogen (secondary N) is 2. The monoisotopic (exact) mass is 835 g/mol. The number of hydrogen-bond acceptors (Lipinski definition) is 6. The van der Waals surface area contributed by atoms with Crippen molar-refractivity contribution in [3.05, 3.63) is 12.2 Å². The highest BCUT2D eigenvalue weighted by atomic mass is 16.5. The Morgan fingerprint density at radius 2 is 0.864 bits per heavy atom. The van der Waals surface area contributed by atoms with E-state index in [1.54, 1.807) is 0 Å². The maximum Gasteiger partial charge on any atom is 0.328 e. The van der Waals surface area contributed by atoms with Gasteiger partial charge in [0.2, 0.25) is 11.8 Å². The first-order valence-corrected chi connectivity index (χ1v) is 25.1. The Hall–Kier alpha value is -2.42. The molecule has 9 nitrogen and oxygen atoms in total. The summed E-state index contributed by atoms with van der Waals surface area (Å²) in [4.78, 5) is 47.7. The summed E-state index contributed by atoms with van der Waals surface area (Å²) in [6.45, 7) is 3.51. The normalized spacial score (nSPS) is 12.5. The first-order chi connectivity index (χ1) is 28.8. The molecule has 0 aliphatic carbocycles. The van der Waals surface area contributed by atoms with Gasteiger partial charge in [0.15, 0.2) is 0 Å². The van der Waals surface area contributed by atoms with Crippen molar-refractivity contribution in [2.24, 2.45) is 0 Å². The zero-order chi connectivity index (χ0) is 43.3. The molecule has 2 atom stereocenters. The number of aliphatic hydroxyl groups excluding tert-OH is 1. The van der Waals surface area contributed by atoms with E-state index in [1.165, 1.54) is 167 Å². The Morgan fingerprint density at radius 1 is 0.492 bits per heavy atom. The lowest BCUT2D eigenvalue weighted by atomic mass is 10.0. The number of ether oxygens (including phenoxy) is 1. The number of carboxylic acids is 1. The van der Waals surface area contributed by atoms with E-state index in [-0.39, 0.29) is 24.5 Å². The van der Waals surface area contributed by atoms with Gasteiger partial charge in [0.05, 0.1) is 13.2 Å². The summed E-state index contributed by atoms with van der Waals surface area (Å²) in [5, 5.41) is 22.6. The van der Waals surface area contributed by atoms with Crippen LogP contribution in [0.2, 0.25) is 0 Å². The van der Waals surface area contributed by atoms with Crippen LogP contribution >= 0.6 is 0 Å². The molecule has 0 heterocycles. The van der Waals surface area contributed by atoms with Crippen LogP contribution in [0.1, 0.15) is 258 Å². The van der Waals surface area contributed by atoms with E-state index >= 15 is 0 Å². The Bertz CT molecular complexity index is 1000. The number of unbranched alkanes of at least 4 members (excludes halogenated alkanes) is 30. The van der Waals surface area contributed by atoms with Gasteiger partial charge < -0.3 is 25.6 Å². The summed E-state index contributed by atoms with van der Waals surface area (Å²) < 4.78 is 6.06. The van der Waals surface area contributed by atoms with Gasteiger partial charge in [-0.2, -0.15) is 0 Å². The molecule has 4 N–H and O–H groups in total. The maximum absolute atomic E-state index is 12.9. The molecule has 0 spiro atoms. The topological polar surface area (TPSA) is 142 Å². The van der Waals surface area contributed by atoms with E-state index in [2.05, 4.69) is 36.6 Å². The van der Waals surface area contributed by atoms with Crippen molar-refractivity contribution in [3.8, 4) is 0 Å². The maximum atomic E-state index is 12.9. The number of carbonyl (C=O) groups is 4. The molecule has 0 aliphatic heterocycles. The standard InChI is InChI=1S/C50H94N2O7/c1-3-5-7-9-11-13-15-17-18-19-20-21-23-25-27-29-34-38-42-49(56)59-45(39-35-31-28-26-24-22-16-14-12-10-8-6-4-2)40-36-32-30-33-37-41-47(54)51-43-48(55)52-46(44-53)50(57)58/h18-19,45-46,53H,3-17,20-44H2,1-2H3,(H,51,54)(H,52,55)(H,57,58)/b19-18-. The van der Waals surface area contributed by atoms with E-state index in [1.807, 2.05) is 0 Å². The molecular formula is C50H94N2O7. The van der Waals surface area contributed by atoms with Gasteiger partial charge in [0.1, 0.15) is 12.1 Å². The van der Waals surface area contributed by atoms with E-state index in [0.29, 0.717) is 19.3 Å². The molecule has 59 heavy (non-hydrogen) atoms. The largest absolute Gasteiger partial charge is 0.480 e. The van der Waals surface area contributed by atoms with Crippen molar-refractivity contribution in [1.29, 1.82) is 0 Å². The second kappa shape index (κ2) is 45.1. The van der Waals surface area contributed by atoms with Crippen molar-refractivity contribution in [2.45, 2.75) is 270 Å². The van der Waals surface area contributed by atoms with Crippen LogP contribution in [0.15, 0.2) is 12.2 Å². The zero-order valence-electron chi connectivity index (χ0n) is 38.5. The Kier molecular flexibility index (Phi) is 43.3. The highest BCUT2D eigenvalue weighted by Crippen LogP contribution is 2.19. The van der Waals surface area contributed by atoms with Crippen molar-refractivity contribution < 1.29 is 34.1 Å². The van der Waals surface area contributed by atoms with Crippen LogP contribution in [0.4, 0.5) is 0 Å². The number of aliphatic hydroxyl groups is 1. The van der Waals surface area contributed by atoms with Gasteiger partial charge in [-0.05, 0) is 64.2 Å². The van der Waals surface area contributed by atoms with Gasteiger partial charge in [-0.3, -0.25) is 14.4 Å². The Morgan fingerprint density at radius 3 is 1.27 bits per heavy atom. The van der Waals surface area contributed by atoms with Crippen LogP contribution in [0.5, 0.6) is 0 Å². The van der Waals surface area contributed by atoms with E-state index in [9.17, 15) is 19.2 Å². The molecule has 0 aromatic rings. The predicted molar refractivity (Wildman–Crippen MR) is 245 cm³/mol. The quantitative estimate of drug-likeness (QED) is 0.0272. The molecule has 0 aromatic heterocycles. The van der Waals surface area contributed by atoms with Crippen LogP contribution in [0.25, 0.3) is 0 Å². The molecule has 0 fully saturated rings. The lowest BCUT2D eigenvalue weighted by Crippen LogP contribution is -2.47. The zero-order valence-corrected chi connectivity index (χ0v) is 38.5. The third-order valence-electron chi connectivity index (χ3n) is 11.5. The second-order valence-electron chi connectivity index (χ2n) is 17.3. The number of allylic oxidation sites excluding steroid dienone is 2. The smallest absolute Gasteiger partial charge is 0.328 e. The number of aliphatic carboxylic acids is 1. The molecule has 0 aromatic carbocycles. The molecule has 0 bridgehead atoms. The highest BCUT2D eigenvalue weighted by Gasteiger charge is 2.19. The second-order valence-corrected chi connectivity index (χ2v) is 17.3. The average Bonchev–Trinajstić information content (AvgIpc) is 3.22. The fraction of sp³-hybridized carbons (Fsp3) is 0.880. The van der Waals surface area contributed by atoms with Crippen LogP contribution in [-0.2, 0) is 23.9 Å². The third kappa shape index (κ3) is 42.1. The van der Waals surface area contributed by atoms with Crippen molar-refractivity contribution in [2.75, 3.05) is 13.2 Å². The fourth-order valence-corrected chi connectivity index (χ4v) is 7.65. The summed E-state index contributed by atoms with van der Waals surface area (Å²) in [6.07, 6.45) is 49.6. The van der Waals surface area contributed by atoms with Crippen molar-refractivity contribution in [3.63, 3.8) is 0 Å². The molecule has 0 radical (unpaired) electrons. The molecule has 0 saturated carbocycles. The Balaban J connectivity index is 4.26. The number of rotatable bonds is 46. The molecule has 2 amide bonds. The van der Waals surface area contributed by atoms with Crippen LogP contribution in [0.3, 0.4) is 0 Å². The van der Waals surface area contributed by atoms with Crippen molar-refractivity contribution in [1.82, 2.24) is 10.6 Å². The minimum atomic E-state index is -1.38. The summed E-state index contributed by atoms with van der Waals surface area (Å²) in [7, 11) is 0. The van der Waals surface area contributed by atoms with Gasteiger partial charge in [-0.1, -0.05) is 193 Å². The molecule has 0 saturated heterocycles. The first-order valence-electron chi connectivity index (χ1n) is 25.1. The van der Waals surface area contributed by atoms with Crippen LogP contribution in [-0.4, -0.2) is 59.3 Å². The minimum Gasteiger partial charge on any atom is -0.480 e. The SMILES string of the molecule is CCCCCCCCC/C=C\CCCCCCCCCC(=O)OC(CCCCCCCCCCCCCCC)CCCCCCCC(=O)NCC(=O)NC(CO)C(=O)O. The van der Waals surface area contributed by atoms with E-state index in [4.69, 9.17) is 14.9 Å². The minimum absolute atomic E-state index is 0.0108. The summed E-state index contributed by atoms with van der Waals surface area (Å²) in [5.74, 6) is -2.27. The number of carboxylic acid groups (broad SMARTS) is 1. The molecular weight excluding hydrogens is 741 g/mol. The number of esters is 1. The number of amides is 2. The first kappa shape index (κ1) is 56.6. The highest BCUT2D eigenvalue weighted by molar-refractivity contribution is 5.87. The van der Waals surface area contributed by atoms with Gasteiger partial charge in [-0.25, -0.2) is 4.79 Å². The summed E-state index contributed by atoms with van der Waals surface area (Å²) in [5.41, 5.74) is 0. The van der Waals surface area contributed by atoms with Gasteiger partial charge in [0, 0.05) is 12.8 Å². The van der Waals surface area contributed by atoms with Crippen LogP contribution in [0, 0.1) is 0 Å².